The van der Waals surface area contributed by atoms with Crippen molar-refractivity contribution in [3.63, 3.8) is 0 Å². The minimum absolute atomic E-state index is 0.135. The van der Waals surface area contributed by atoms with Crippen molar-refractivity contribution in [2.45, 2.75) is 0 Å². The number of nitrogens with one attached hydrogen (secondary N) is 2. The molecule has 0 aliphatic rings. The van der Waals surface area contributed by atoms with Gasteiger partial charge in [0, 0.05) is 13.2 Å². The van der Waals surface area contributed by atoms with Gasteiger partial charge in [-0.2, -0.15) is 0 Å². The van der Waals surface area contributed by atoms with Crippen molar-refractivity contribution < 1.29 is 9.59 Å². The molecule has 0 radical (unpaired) electrons. The summed E-state index contributed by atoms with van der Waals surface area (Å²) >= 11 is 0. The zero-order valence-corrected chi connectivity index (χ0v) is 8.20. The van der Waals surface area contributed by atoms with Crippen molar-refractivity contribution >= 4 is 11.8 Å². The zero-order valence-electron chi connectivity index (χ0n) is 8.20. The Morgan fingerprint density at radius 1 is 1.50 bits per heavy atom. The van der Waals surface area contributed by atoms with Crippen LogP contribution in [0.2, 0.25) is 0 Å². The molecule has 0 unspecified atom stereocenters. The van der Waals surface area contributed by atoms with Gasteiger partial charge in [0.25, 0.3) is 5.91 Å². The van der Waals surface area contributed by atoms with Gasteiger partial charge in [-0.3, -0.25) is 14.9 Å². The Morgan fingerprint density at radius 2 is 2.21 bits per heavy atom. The summed E-state index contributed by atoms with van der Waals surface area (Å²) in [6, 6.07) is 3.40. The molecule has 0 spiro atoms. The second-order valence-corrected chi connectivity index (χ2v) is 2.91. The fourth-order valence-electron chi connectivity index (χ4n) is 1.09. The lowest BCUT2D eigenvalue weighted by Crippen LogP contribution is -2.37. The average Bonchev–Trinajstić information content (AvgIpc) is 2.51. The standard InChI is InChI=1S/C9H13N3O2/c1-10-6-8(13)11-9(14)7-4-3-5-12(7)2/h3-5,10H,6H2,1-2H3,(H,11,13,14). The number of hydrogen-bond acceptors (Lipinski definition) is 3. The molecule has 2 N–H and O–H groups in total. The van der Waals surface area contributed by atoms with Gasteiger partial charge in [0.15, 0.2) is 0 Å². The van der Waals surface area contributed by atoms with Crippen LogP contribution in [0.25, 0.3) is 0 Å². The summed E-state index contributed by atoms with van der Waals surface area (Å²) in [7, 11) is 3.39. The third-order valence-corrected chi connectivity index (χ3v) is 1.77. The quantitative estimate of drug-likeness (QED) is 0.683. The third-order valence-electron chi connectivity index (χ3n) is 1.77. The molecule has 0 bridgehead atoms. The number of hydrogen-bond donors (Lipinski definition) is 2. The Morgan fingerprint density at radius 3 is 2.71 bits per heavy atom. The predicted octanol–water partition coefficient (Wildman–Crippen LogP) is -0.499. The molecule has 5 nitrogen and oxygen atoms in total. The summed E-state index contributed by atoms with van der Waals surface area (Å²) in [6.45, 7) is 0.135. The van der Waals surface area contributed by atoms with Crippen LogP contribution in [0.4, 0.5) is 0 Å². The van der Waals surface area contributed by atoms with Crippen LogP contribution in [0.3, 0.4) is 0 Å². The summed E-state index contributed by atoms with van der Waals surface area (Å²) in [5, 5.41) is 4.92. The van der Waals surface area contributed by atoms with E-state index in [2.05, 4.69) is 10.6 Å². The van der Waals surface area contributed by atoms with Crippen molar-refractivity contribution in [2.75, 3.05) is 13.6 Å². The fraction of sp³-hybridized carbons (Fsp3) is 0.333. The van der Waals surface area contributed by atoms with Gasteiger partial charge in [-0.1, -0.05) is 0 Å². The maximum atomic E-state index is 11.4. The summed E-state index contributed by atoms with van der Waals surface area (Å²) in [5.74, 6) is -0.712. The van der Waals surface area contributed by atoms with Crippen LogP contribution in [0.1, 0.15) is 10.5 Å². The fourth-order valence-corrected chi connectivity index (χ4v) is 1.09. The molecule has 1 heterocycles. The number of carbonyl (C=O) groups excluding carboxylic acids is 2. The van der Waals surface area contributed by atoms with Gasteiger partial charge in [0.05, 0.1) is 6.54 Å². The Labute approximate surface area is 82.1 Å². The molecule has 14 heavy (non-hydrogen) atoms. The normalized spacial score (nSPS) is 9.86. The van der Waals surface area contributed by atoms with Gasteiger partial charge < -0.3 is 9.88 Å². The van der Waals surface area contributed by atoms with Crippen molar-refractivity contribution in [2.24, 2.45) is 7.05 Å². The number of nitrogens with zero attached hydrogens (tertiary/aromatic N) is 1. The molecule has 0 fully saturated rings. The topological polar surface area (TPSA) is 63.1 Å². The van der Waals surface area contributed by atoms with Gasteiger partial charge in [-0.15, -0.1) is 0 Å². The van der Waals surface area contributed by atoms with E-state index in [1.165, 1.54) is 0 Å². The van der Waals surface area contributed by atoms with Crippen LogP contribution in [0.5, 0.6) is 0 Å². The molecule has 1 aromatic rings. The second-order valence-electron chi connectivity index (χ2n) is 2.91. The van der Waals surface area contributed by atoms with E-state index in [-0.39, 0.29) is 18.4 Å². The first kappa shape index (κ1) is 10.5. The highest BCUT2D eigenvalue weighted by Crippen LogP contribution is 1.98. The van der Waals surface area contributed by atoms with Crippen LogP contribution in [-0.4, -0.2) is 30.0 Å². The Kier molecular flexibility index (Phi) is 3.41. The summed E-state index contributed by atoms with van der Waals surface area (Å²) in [4.78, 5) is 22.5. The number of likely N-dealkylation sites (N-methyl/N-ethyl adjacent to an activating group) is 1. The van der Waals surface area contributed by atoms with Crippen molar-refractivity contribution in [1.29, 1.82) is 0 Å². The molecule has 0 saturated carbocycles. The van der Waals surface area contributed by atoms with E-state index in [0.29, 0.717) is 5.69 Å². The first-order valence-electron chi connectivity index (χ1n) is 4.25. The summed E-state index contributed by atoms with van der Waals surface area (Å²) < 4.78 is 1.65. The maximum Gasteiger partial charge on any atom is 0.274 e. The highest BCUT2D eigenvalue weighted by molar-refractivity contribution is 6.04. The van der Waals surface area contributed by atoms with E-state index in [4.69, 9.17) is 0 Å². The van der Waals surface area contributed by atoms with E-state index < -0.39 is 0 Å². The average molecular weight is 195 g/mol. The Balaban J connectivity index is 2.59. The highest BCUT2D eigenvalue weighted by Gasteiger charge is 2.11. The molecule has 1 aromatic heterocycles. The van der Waals surface area contributed by atoms with E-state index >= 15 is 0 Å². The molecule has 0 aliphatic carbocycles. The van der Waals surface area contributed by atoms with E-state index in [9.17, 15) is 9.59 Å². The van der Waals surface area contributed by atoms with Crippen molar-refractivity contribution in [3.8, 4) is 0 Å². The lowest BCUT2D eigenvalue weighted by atomic mass is 10.4. The van der Waals surface area contributed by atoms with Gasteiger partial charge in [0.2, 0.25) is 5.91 Å². The van der Waals surface area contributed by atoms with Gasteiger partial charge >= 0.3 is 0 Å². The van der Waals surface area contributed by atoms with Crippen molar-refractivity contribution in [3.05, 3.63) is 24.0 Å². The Hall–Kier alpha value is -1.62. The van der Waals surface area contributed by atoms with E-state index in [1.807, 2.05) is 0 Å². The SMILES string of the molecule is CNCC(=O)NC(=O)c1cccn1C. The molecule has 0 atom stereocenters. The van der Waals surface area contributed by atoms with Crippen LogP contribution in [-0.2, 0) is 11.8 Å². The number of amides is 2. The summed E-state index contributed by atoms with van der Waals surface area (Å²) in [5.41, 5.74) is 0.467. The van der Waals surface area contributed by atoms with Gasteiger partial charge in [0.1, 0.15) is 5.69 Å². The van der Waals surface area contributed by atoms with Crippen LogP contribution < -0.4 is 10.6 Å². The molecule has 0 saturated heterocycles. The van der Waals surface area contributed by atoms with Crippen molar-refractivity contribution in [1.82, 2.24) is 15.2 Å². The third kappa shape index (κ3) is 2.43. The van der Waals surface area contributed by atoms with Crippen LogP contribution in [0, 0.1) is 0 Å². The molecule has 76 valence electrons. The smallest absolute Gasteiger partial charge is 0.274 e. The number of carbonyl (C=O) groups is 2. The first-order valence-corrected chi connectivity index (χ1v) is 4.25. The second kappa shape index (κ2) is 4.57. The minimum Gasteiger partial charge on any atom is -0.347 e. The first-order chi connectivity index (χ1) is 6.65. The molecule has 1 rings (SSSR count). The lowest BCUT2D eigenvalue weighted by molar-refractivity contribution is -0.119. The Bertz CT molecular complexity index is 344. The predicted molar refractivity (Wildman–Crippen MR) is 51.8 cm³/mol. The van der Waals surface area contributed by atoms with Crippen LogP contribution in [0.15, 0.2) is 18.3 Å². The maximum absolute atomic E-state index is 11.4. The number of imide groups is 1. The highest BCUT2D eigenvalue weighted by atomic mass is 16.2. The zero-order chi connectivity index (χ0) is 10.6. The molecular weight excluding hydrogens is 182 g/mol. The number of aryl methyl sites for hydroxylation is 1. The number of aromatic nitrogens is 1. The molecular formula is C9H13N3O2. The van der Waals surface area contributed by atoms with Gasteiger partial charge in [-0.05, 0) is 19.2 Å². The number of rotatable bonds is 3. The summed E-state index contributed by atoms with van der Waals surface area (Å²) in [6.07, 6.45) is 1.75. The molecule has 5 heteroatoms. The monoisotopic (exact) mass is 195 g/mol. The van der Waals surface area contributed by atoms with Crippen LogP contribution >= 0.6 is 0 Å². The van der Waals surface area contributed by atoms with E-state index in [0.717, 1.165) is 0 Å². The largest absolute Gasteiger partial charge is 0.347 e. The minimum atomic E-state index is -0.377. The molecule has 0 aromatic carbocycles. The van der Waals surface area contributed by atoms with Gasteiger partial charge in [-0.25, -0.2) is 0 Å². The lowest BCUT2D eigenvalue weighted by Gasteiger charge is -2.04. The van der Waals surface area contributed by atoms with E-state index in [1.54, 1.807) is 37.0 Å². The molecule has 2 amide bonds. The molecule has 0 aliphatic heterocycles.